The van der Waals surface area contributed by atoms with Crippen LogP contribution >= 0.6 is 0 Å². The van der Waals surface area contributed by atoms with Crippen LogP contribution < -0.4 is 4.74 Å². The summed E-state index contributed by atoms with van der Waals surface area (Å²) >= 11 is 0. The van der Waals surface area contributed by atoms with E-state index in [2.05, 4.69) is 0 Å². The number of Topliss-reactive ketones (excluding diaryl/α,β-unsaturated/α-hetero) is 1. The molecule has 2 atom stereocenters. The number of ketones is 1. The molecule has 20 heavy (non-hydrogen) atoms. The lowest BCUT2D eigenvalue weighted by Gasteiger charge is -2.30. The Kier molecular flexibility index (Phi) is 2.84. The molecule has 0 saturated heterocycles. The van der Waals surface area contributed by atoms with Crippen LogP contribution in [0.5, 0.6) is 17.2 Å². The number of rotatable bonds is 1. The zero-order chi connectivity index (χ0) is 14.3. The normalized spacial score (nSPS) is 21.1. The van der Waals surface area contributed by atoms with Crippen molar-refractivity contribution in [2.24, 2.45) is 0 Å². The van der Waals surface area contributed by atoms with Gasteiger partial charge in [0.05, 0.1) is 0 Å². The zero-order valence-corrected chi connectivity index (χ0v) is 10.4. The Morgan fingerprint density at radius 2 is 1.75 bits per heavy atom. The molecule has 0 saturated carbocycles. The second kappa shape index (κ2) is 4.54. The molecule has 0 spiro atoms. The first-order chi connectivity index (χ1) is 9.58. The van der Waals surface area contributed by atoms with Gasteiger partial charge < -0.3 is 20.1 Å². The van der Waals surface area contributed by atoms with E-state index in [4.69, 9.17) is 4.74 Å². The van der Waals surface area contributed by atoms with Gasteiger partial charge in [0.1, 0.15) is 22.8 Å². The quantitative estimate of drug-likeness (QED) is 0.736. The van der Waals surface area contributed by atoms with E-state index in [1.54, 1.807) is 24.3 Å². The average Bonchev–Trinajstić information content (AvgIpc) is 2.43. The summed E-state index contributed by atoms with van der Waals surface area (Å²) in [5, 5.41) is 29.3. The van der Waals surface area contributed by atoms with Crippen LogP contribution in [-0.2, 0) is 0 Å². The van der Waals surface area contributed by atoms with Crippen LogP contribution in [0.4, 0.5) is 0 Å². The third-order valence-electron chi connectivity index (χ3n) is 3.25. The number of aromatic hydroxyl groups is 2. The van der Waals surface area contributed by atoms with E-state index in [9.17, 15) is 20.1 Å². The largest absolute Gasteiger partial charge is 0.508 e. The highest BCUT2D eigenvalue weighted by molar-refractivity contribution is 6.05. The van der Waals surface area contributed by atoms with Crippen LogP contribution in [0.25, 0.3) is 0 Å². The molecule has 102 valence electrons. The fraction of sp³-hybridized carbons (Fsp3) is 0.133. The summed E-state index contributed by atoms with van der Waals surface area (Å²) in [5.41, 5.74) is 0.532. The summed E-state index contributed by atoms with van der Waals surface area (Å²) in [6, 6.07) is 11.1. The number of phenolic OH excluding ortho intramolecular Hbond substituents is 2. The Bertz CT molecular complexity index is 665. The van der Waals surface area contributed by atoms with Gasteiger partial charge in [0.2, 0.25) is 5.78 Å². The van der Waals surface area contributed by atoms with E-state index in [0.29, 0.717) is 5.56 Å². The van der Waals surface area contributed by atoms with Crippen LogP contribution in [0, 0.1) is 0 Å². The molecule has 2 aromatic carbocycles. The van der Waals surface area contributed by atoms with E-state index in [1.807, 2.05) is 6.07 Å². The Balaban J connectivity index is 2.09. The number of carbonyl (C=O) groups is 1. The molecule has 2 aromatic rings. The monoisotopic (exact) mass is 272 g/mol. The number of phenols is 2. The van der Waals surface area contributed by atoms with Gasteiger partial charge in [-0.05, 0) is 5.56 Å². The van der Waals surface area contributed by atoms with Crippen LogP contribution in [0.15, 0.2) is 42.5 Å². The summed E-state index contributed by atoms with van der Waals surface area (Å²) in [4.78, 5) is 12.2. The molecular formula is C15H12O5. The maximum atomic E-state index is 12.2. The first kappa shape index (κ1) is 12.5. The lowest BCUT2D eigenvalue weighted by atomic mass is 9.93. The highest BCUT2D eigenvalue weighted by Gasteiger charge is 2.38. The molecule has 0 aliphatic carbocycles. The molecule has 0 bridgehead atoms. The van der Waals surface area contributed by atoms with E-state index >= 15 is 0 Å². The molecule has 5 heteroatoms. The lowest BCUT2D eigenvalue weighted by Crippen LogP contribution is -2.36. The van der Waals surface area contributed by atoms with Crippen molar-refractivity contribution in [1.29, 1.82) is 0 Å². The minimum absolute atomic E-state index is 0.0617. The SMILES string of the molecule is O=C1c2c(O)cc(O)cc2OC(c2ccccc2)C1O. The predicted molar refractivity (Wildman–Crippen MR) is 69.9 cm³/mol. The Labute approximate surface area is 114 Å². The average molecular weight is 272 g/mol. The molecule has 0 amide bonds. The minimum atomic E-state index is -1.40. The van der Waals surface area contributed by atoms with Gasteiger partial charge in [-0.3, -0.25) is 4.79 Å². The van der Waals surface area contributed by atoms with E-state index in [1.165, 1.54) is 6.07 Å². The highest BCUT2D eigenvalue weighted by atomic mass is 16.5. The first-order valence-corrected chi connectivity index (χ1v) is 6.08. The number of ether oxygens (including phenoxy) is 1. The van der Waals surface area contributed by atoms with Crippen molar-refractivity contribution in [1.82, 2.24) is 0 Å². The van der Waals surface area contributed by atoms with Crippen LogP contribution in [0.1, 0.15) is 22.0 Å². The van der Waals surface area contributed by atoms with Gasteiger partial charge in [0, 0.05) is 12.1 Å². The number of carbonyl (C=O) groups excluding carboxylic acids is 1. The molecule has 2 unspecified atom stereocenters. The lowest BCUT2D eigenvalue weighted by molar-refractivity contribution is 0.0211. The summed E-state index contributed by atoms with van der Waals surface area (Å²) in [5.74, 6) is -1.18. The Morgan fingerprint density at radius 1 is 1.05 bits per heavy atom. The smallest absolute Gasteiger partial charge is 0.202 e. The third kappa shape index (κ3) is 1.88. The summed E-state index contributed by atoms with van der Waals surface area (Å²) in [7, 11) is 0. The standard InChI is InChI=1S/C15H12O5/c16-9-6-10(17)12-11(7-9)20-15(14(19)13(12)18)8-4-2-1-3-5-8/h1-7,14-17,19H. The number of benzene rings is 2. The summed E-state index contributed by atoms with van der Waals surface area (Å²) in [6.07, 6.45) is -2.27. The topological polar surface area (TPSA) is 87.0 Å². The molecule has 0 radical (unpaired) electrons. The second-order valence-electron chi connectivity index (χ2n) is 4.60. The van der Waals surface area contributed by atoms with Crippen LogP contribution in [0.3, 0.4) is 0 Å². The number of aliphatic hydroxyl groups is 1. The third-order valence-corrected chi connectivity index (χ3v) is 3.25. The van der Waals surface area contributed by atoms with Gasteiger partial charge in [-0.25, -0.2) is 0 Å². The highest BCUT2D eigenvalue weighted by Crippen LogP contribution is 2.41. The zero-order valence-electron chi connectivity index (χ0n) is 10.4. The van der Waals surface area contributed by atoms with Crippen molar-refractivity contribution < 1.29 is 24.9 Å². The summed E-state index contributed by atoms with van der Waals surface area (Å²) < 4.78 is 5.57. The van der Waals surface area contributed by atoms with E-state index in [0.717, 1.165) is 6.07 Å². The first-order valence-electron chi connectivity index (χ1n) is 6.08. The van der Waals surface area contributed by atoms with Gasteiger partial charge in [-0.1, -0.05) is 30.3 Å². The number of hydrogen-bond acceptors (Lipinski definition) is 5. The van der Waals surface area contributed by atoms with Gasteiger partial charge in [-0.2, -0.15) is 0 Å². The maximum absolute atomic E-state index is 12.2. The van der Waals surface area contributed by atoms with Gasteiger partial charge >= 0.3 is 0 Å². The predicted octanol–water partition coefficient (Wildman–Crippen LogP) is 1.78. The van der Waals surface area contributed by atoms with Crippen molar-refractivity contribution in [3.63, 3.8) is 0 Å². The van der Waals surface area contributed by atoms with Crippen LogP contribution in [-0.4, -0.2) is 27.2 Å². The van der Waals surface area contributed by atoms with E-state index in [-0.39, 0.29) is 17.1 Å². The van der Waals surface area contributed by atoms with E-state index < -0.39 is 23.7 Å². The van der Waals surface area contributed by atoms with Crippen molar-refractivity contribution in [2.45, 2.75) is 12.2 Å². The molecule has 5 nitrogen and oxygen atoms in total. The second-order valence-corrected chi connectivity index (χ2v) is 4.60. The Hall–Kier alpha value is -2.53. The van der Waals surface area contributed by atoms with Gasteiger partial charge in [0.25, 0.3) is 0 Å². The number of aliphatic hydroxyl groups excluding tert-OH is 1. The molecule has 1 heterocycles. The summed E-state index contributed by atoms with van der Waals surface area (Å²) in [6.45, 7) is 0. The fourth-order valence-electron chi connectivity index (χ4n) is 2.31. The maximum Gasteiger partial charge on any atom is 0.202 e. The molecule has 0 aromatic heterocycles. The minimum Gasteiger partial charge on any atom is -0.508 e. The number of fused-ring (bicyclic) bond motifs is 1. The number of hydrogen-bond donors (Lipinski definition) is 3. The molecule has 1 aliphatic rings. The molecule has 1 aliphatic heterocycles. The van der Waals surface area contributed by atoms with Crippen molar-refractivity contribution in [3.8, 4) is 17.2 Å². The molecule has 3 rings (SSSR count). The van der Waals surface area contributed by atoms with Crippen molar-refractivity contribution in [3.05, 3.63) is 53.6 Å². The van der Waals surface area contributed by atoms with Crippen LogP contribution in [0.2, 0.25) is 0 Å². The van der Waals surface area contributed by atoms with Gasteiger partial charge in [-0.15, -0.1) is 0 Å². The van der Waals surface area contributed by atoms with Crippen molar-refractivity contribution >= 4 is 5.78 Å². The molecule has 0 fully saturated rings. The fourth-order valence-corrected chi connectivity index (χ4v) is 2.31. The van der Waals surface area contributed by atoms with Gasteiger partial charge in [0.15, 0.2) is 12.2 Å². The molecule has 3 N–H and O–H groups in total. The molecular weight excluding hydrogens is 260 g/mol. The van der Waals surface area contributed by atoms with Crippen molar-refractivity contribution in [2.75, 3.05) is 0 Å². The Morgan fingerprint density at radius 3 is 2.45 bits per heavy atom.